The Morgan fingerprint density at radius 1 is 1.30 bits per heavy atom. The molecule has 0 unspecified atom stereocenters. The van der Waals surface area contributed by atoms with Gasteiger partial charge in [-0.1, -0.05) is 12.7 Å². The summed E-state index contributed by atoms with van der Waals surface area (Å²) in [4.78, 5) is 36.7. The SMILES string of the molecule is C=CCOC(=O)[C@H](CN(C(=O)OC)c1ccc(F)cc1)C(C)=O. The molecule has 1 atom stereocenters. The molecule has 0 saturated heterocycles. The van der Waals surface area contributed by atoms with E-state index in [1.165, 1.54) is 25.1 Å². The second-order valence-corrected chi connectivity index (χ2v) is 4.64. The Morgan fingerprint density at radius 3 is 2.39 bits per heavy atom. The fourth-order valence-electron chi connectivity index (χ4n) is 1.81. The van der Waals surface area contributed by atoms with E-state index in [1.54, 1.807) is 0 Å². The number of hydrogen-bond acceptors (Lipinski definition) is 5. The maximum atomic E-state index is 13.0. The Balaban J connectivity index is 3.03. The number of carbonyl (C=O) groups is 3. The summed E-state index contributed by atoms with van der Waals surface area (Å²) in [7, 11) is 1.16. The first-order chi connectivity index (χ1) is 10.9. The molecule has 0 aliphatic carbocycles. The predicted octanol–water partition coefficient (Wildman–Crippen LogP) is 2.33. The fraction of sp³-hybridized carbons (Fsp3) is 0.312. The predicted molar refractivity (Wildman–Crippen MR) is 81.5 cm³/mol. The minimum absolute atomic E-state index is 0.0443. The molecule has 0 aromatic heterocycles. The number of rotatable bonds is 7. The van der Waals surface area contributed by atoms with Gasteiger partial charge >= 0.3 is 12.1 Å². The average Bonchev–Trinajstić information content (AvgIpc) is 2.53. The van der Waals surface area contributed by atoms with Gasteiger partial charge in [-0.15, -0.1) is 0 Å². The third-order valence-corrected chi connectivity index (χ3v) is 3.02. The Bertz CT molecular complexity index is 585. The number of ether oxygens (including phenoxy) is 2. The highest BCUT2D eigenvalue weighted by Gasteiger charge is 2.30. The van der Waals surface area contributed by atoms with E-state index in [1.807, 2.05) is 0 Å². The maximum Gasteiger partial charge on any atom is 0.414 e. The van der Waals surface area contributed by atoms with E-state index in [0.717, 1.165) is 24.1 Å². The Labute approximate surface area is 133 Å². The van der Waals surface area contributed by atoms with E-state index in [9.17, 15) is 18.8 Å². The Hall–Kier alpha value is -2.70. The lowest BCUT2D eigenvalue weighted by molar-refractivity contribution is -0.150. The van der Waals surface area contributed by atoms with Crippen LogP contribution in [0.2, 0.25) is 0 Å². The zero-order chi connectivity index (χ0) is 17.4. The molecule has 6 nitrogen and oxygen atoms in total. The van der Waals surface area contributed by atoms with Gasteiger partial charge in [0.05, 0.1) is 7.11 Å². The summed E-state index contributed by atoms with van der Waals surface area (Å²) in [5.41, 5.74) is 0.293. The van der Waals surface area contributed by atoms with Crippen LogP contribution < -0.4 is 4.90 Å². The van der Waals surface area contributed by atoms with Gasteiger partial charge in [0.15, 0.2) is 0 Å². The van der Waals surface area contributed by atoms with Gasteiger partial charge in [0.1, 0.15) is 24.1 Å². The van der Waals surface area contributed by atoms with Gasteiger partial charge in [-0.05, 0) is 31.2 Å². The Morgan fingerprint density at radius 2 is 1.91 bits per heavy atom. The van der Waals surface area contributed by atoms with E-state index in [4.69, 9.17) is 4.74 Å². The maximum absolute atomic E-state index is 13.0. The van der Waals surface area contributed by atoms with Gasteiger partial charge in [0.25, 0.3) is 0 Å². The first kappa shape index (κ1) is 18.3. The molecular weight excluding hydrogens is 305 g/mol. The number of benzene rings is 1. The van der Waals surface area contributed by atoms with Crippen LogP contribution >= 0.6 is 0 Å². The minimum atomic E-state index is -1.18. The highest BCUT2D eigenvalue weighted by molar-refractivity contribution is 6.00. The number of amides is 1. The molecule has 0 saturated carbocycles. The Kier molecular flexibility index (Phi) is 6.92. The van der Waals surface area contributed by atoms with E-state index in [-0.39, 0.29) is 13.2 Å². The van der Waals surface area contributed by atoms with Crippen molar-refractivity contribution in [2.45, 2.75) is 6.92 Å². The second kappa shape index (κ2) is 8.67. The van der Waals surface area contributed by atoms with Crippen molar-refractivity contribution in [1.82, 2.24) is 0 Å². The van der Waals surface area contributed by atoms with E-state index >= 15 is 0 Å². The monoisotopic (exact) mass is 323 g/mol. The van der Waals surface area contributed by atoms with Crippen LogP contribution in [-0.4, -0.2) is 38.1 Å². The molecule has 1 rings (SSSR count). The lowest BCUT2D eigenvalue weighted by Crippen LogP contribution is -2.41. The van der Waals surface area contributed by atoms with Gasteiger partial charge in [0, 0.05) is 12.2 Å². The molecule has 0 aliphatic heterocycles. The van der Waals surface area contributed by atoms with Crippen LogP contribution in [0.3, 0.4) is 0 Å². The van der Waals surface area contributed by atoms with Gasteiger partial charge in [-0.3, -0.25) is 14.5 Å². The van der Waals surface area contributed by atoms with Gasteiger partial charge in [-0.25, -0.2) is 9.18 Å². The topological polar surface area (TPSA) is 72.9 Å². The van der Waals surface area contributed by atoms with Crippen LogP contribution in [0.4, 0.5) is 14.9 Å². The molecule has 0 radical (unpaired) electrons. The van der Waals surface area contributed by atoms with E-state index in [0.29, 0.717) is 5.69 Å². The first-order valence-electron chi connectivity index (χ1n) is 6.79. The summed E-state index contributed by atoms with van der Waals surface area (Å²) in [5, 5.41) is 0. The van der Waals surface area contributed by atoms with Crippen molar-refractivity contribution in [1.29, 1.82) is 0 Å². The molecule has 0 aliphatic rings. The summed E-state index contributed by atoms with van der Waals surface area (Å²) >= 11 is 0. The van der Waals surface area contributed by atoms with Crippen LogP contribution in [0.15, 0.2) is 36.9 Å². The van der Waals surface area contributed by atoms with Crippen molar-refractivity contribution in [2.24, 2.45) is 5.92 Å². The smallest absolute Gasteiger partial charge is 0.414 e. The van der Waals surface area contributed by atoms with Crippen LogP contribution in [-0.2, 0) is 19.1 Å². The number of hydrogen-bond donors (Lipinski definition) is 0. The summed E-state index contributed by atoms with van der Waals surface area (Å²) in [6, 6.07) is 5.01. The fourth-order valence-corrected chi connectivity index (χ4v) is 1.81. The van der Waals surface area contributed by atoms with Crippen molar-refractivity contribution in [3.05, 3.63) is 42.7 Å². The molecule has 0 spiro atoms. The van der Waals surface area contributed by atoms with Crippen LogP contribution in [0, 0.1) is 11.7 Å². The molecule has 0 heterocycles. The number of methoxy groups -OCH3 is 1. The lowest BCUT2D eigenvalue weighted by Gasteiger charge is -2.24. The molecule has 1 aromatic rings. The zero-order valence-corrected chi connectivity index (χ0v) is 13.0. The molecule has 124 valence electrons. The summed E-state index contributed by atoms with van der Waals surface area (Å²) < 4.78 is 22.5. The van der Waals surface area contributed by atoms with Crippen molar-refractivity contribution >= 4 is 23.5 Å². The molecule has 0 fully saturated rings. The molecule has 0 bridgehead atoms. The third-order valence-electron chi connectivity index (χ3n) is 3.02. The number of anilines is 1. The quantitative estimate of drug-likeness (QED) is 0.437. The van der Waals surface area contributed by atoms with Gasteiger partial charge in [-0.2, -0.15) is 0 Å². The number of Topliss-reactive ketones (excluding diaryl/α,β-unsaturated/α-hetero) is 1. The zero-order valence-electron chi connectivity index (χ0n) is 13.0. The van der Waals surface area contributed by atoms with Crippen LogP contribution in [0.5, 0.6) is 0 Å². The van der Waals surface area contributed by atoms with Crippen LogP contribution in [0.1, 0.15) is 6.92 Å². The lowest BCUT2D eigenvalue weighted by atomic mass is 10.0. The van der Waals surface area contributed by atoms with Crippen molar-refractivity contribution in [3.63, 3.8) is 0 Å². The largest absolute Gasteiger partial charge is 0.461 e. The van der Waals surface area contributed by atoms with Gasteiger partial charge in [0.2, 0.25) is 0 Å². The normalized spacial score (nSPS) is 11.3. The highest BCUT2D eigenvalue weighted by atomic mass is 19.1. The molecule has 0 N–H and O–H groups in total. The van der Waals surface area contributed by atoms with Gasteiger partial charge < -0.3 is 9.47 Å². The van der Waals surface area contributed by atoms with Crippen molar-refractivity contribution in [3.8, 4) is 0 Å². The van der Waals surface area contributed by atoms with Crippen LogP contribution in [0.25, 0.3) is 0 Å². The molecule has 1 amide bonds. The van der Waals surface area contributed by atoms with Crippen molar-refractivity contribution in [2.75, 3.05) is 25.2 Å². The average molecular weight is 323 g/mol. The molecule has 23 heavy (non-hydrogen) atoms. The number of esters is 1. The third kappa shape index (κ3) is 5.21. The molecular formula is C16H18FNO5. The summed E-state index contributed by atoms with van der Waals surface area (Å²) in [6.45, 7) is 4.32. The van der Waals surface area contributed by atoms with Crippen molar-refractivity contribution < 1.29 is 28.2 Å². The van der Waals surface area contributed by atoms with E-state index in [2.05, 4.69) is 11.3 Å². The second-order valence-electron chi connectivity index (χ2n) is 4.64. The highest BCUT2D eigenvalue weighted by Crippen LogP contribution is 2.18. The number of halogens is 1. The number of nitrogens with zero attached hydrogens (tertiary/aromatic N) is 1. The summed E-state index contributed by atoms with van der Waals surface area (Å²) in [5.74, 6) is -2.89. The number of ketones is 1. The minimum Gasteiger partial charge on any atom is -0.461 e. The molecule has 1 aromatic carbocycles. The van der Waals surface area contributed by atoms with E-state index < -0.39 is 29.6 Å². The number of carbonyl (C=O) groups excluding carboxylic acids is 3. The molecule has 7 heteroatoms. The first-order valence-corrected chi connectivity index (χ1v) is 6.79. The standard InChI is InChI=1S/C16H18FNO5/c1-4-9-23-15(20)14(11(2)19)10-18(16(21)22-3)13-7-5-12(17)6-8-13/h4-8,14H,1,9-10H2,2-3H3/t14-/m1/s1. The summed E-state index contributed by atoms with van der Waals surface area (Å²) in [6.07, 6.45) is 0.590.